The van der Waals surface area contributed by atoms with Crippen molar-refractivity contribution in [1.82, 2.24) is 9.88 Å². The van der Waals surface area contributed by atoms with Crippen LogP contribution < -0.4 is 0 Å². The van der Waals surface area contributed by atoms with Crippen LogP contribution in [0.2, 0.25) is 0 Å². The van der Waals surface area contributed by atoms with Crippen molar-refractivity contribution in [3.05, 3.63) is 16.1 Å². The summed E-state index contributed by atoms with van der Waals surface area (Å²) in [5.41, 5.74) is 0.148. The van der Waals surface area contributed by atoms with Gasteiger partial charge in [0, 0.05) is 5.38 Å². The fourth-order valence-corrected chi connectivity index (χ4v) is 2.02. The van der Waals surface area contributed by atoms with Gasteiger partial charge in [-0.3, -0.25) is 4.90 Å². The summed E-state index contributed by atoms with van der Waals surface area (Å²) in [7, 11) is 2.01. The highest BCUT2D eigenvalue weighted by Crippen LogP contribution is 2.11. The Morgan fingerprint density at radius 3 is 2.93 bits per heavy atom. The van der Waals surface area contributed by atoms with Crippen LogP contribution in [-0.2, 0) is 6.54 Å². The van der Waals surface area contributed by atoms with Crippen LogP contribution in [0.4, 0.5) is 0 Å². The quantitative estimate of drug-likeness (QED) is 0.810. The van der Waals surface area contributed by atoms with E-state index in [2.05, 4.69) is 16.8 Å². The molecule has 78 valence electrons. The van der Waals surface area contributed by atoms with E-state index in [0.29, 0.717) is 0 Å². The number of nitrogens with zero attached hydrogens (tertiary/aromatic N) is 2. The molecule has 0 amide bonds. The third kappa shape index (κ3) is 3.08. The highest BCUT2D eigenvalue weighted by Gasteiger charge is 2.09. The van der Waals surface area contributed by atoms with E-state index in [1.807, 2.05) is 7.05 Å². The molecule has 1 rings (SSSR count). The third-order valence-electron chi connectivity index (χ3n) is 1.78. The molecule has 0 aromatic carbocycles. The van der Waals surface area contributed by atoms with Gasteiger partial charge in [0.25, 0.3) is 0 Å². The van der Waals surface area contributed by atoms with Crippen molar-refractivity contribution in [3.8, 4) is 0 Å². The van der Waals surface area contributed by atoms with Gasteiger partial charge in [0.1, 0.15) is 5.01 Å². The first-order valence-electron chi connectivity index (χ1n) is 4.49. The van der Waals surface area contributed by atoms with Gasteiger partial charge in [0.15, 0.2) is 5.69 Å². The molecule has 0 aliphatic rings. The number of aromatic nitrogens is 1. The zero-order valence-electron chi connectivity index (χ0n) is 8.36. The Balaban J connectivity index is 2.55. The molecule has 1 aromatic rings. The Labute approximate surface area is 87.2 Å². The van der Waals surface area contributed by atoms with Crippen molar-refractivity contribution in [2.45, 2.75) is 19.9 Å². The molecule has 4 nitrogen and oxygen atoms in total. The number of carboxylic acid groups (broad SMARTS) is 1. The van der Waals surface area contributed by atoms with Crippen molar-refractivity contribution < 1.29 is 9.90 Å². The molecular formula is C9H14N2O2S. The number of rotatable bonds is 5. The molecule has 0 radical (unpaired) electrons. The minimum Gasteiger partial charge on any atom is -0.476 e. The molecule has 0 saturated carbocycles. The molecule has 0 unspecified atom stereocenters. The summed E-state index contributed by atoms with van der Waals surface area (Å²) in [6.07, 6.45) is 1.09. The second-order valence-electron chi connectivity index (χ2n) is 3.17. The van der Waals surface area contributed by atoms with Gasteiger partial charge >= 0.3 is 5.97 Å². The molecule has 0 aliphatic carbocycles. The molecule has 1 aromatic heterocycles. The molecule has 0 fully saturated rings. The SMILES string of the molecule is CCCN(C)Cc1nc(C(=O)O)cs1. The highest BCUT2D eigenvalue weighted by molar-refractivity contribution is 7.09. The predicted octanol–water partition coefficient (Wildman–Crippen LogP) is 1.68. The van der Waals surface area contributed by atoms with Crippen LogP contribution >= 0.6 is 11.3 Å². The lowest BCUT2D eigenvalue weighted by Gasteiger charge is -2.12. The predicted molar refractivity (Wildman–Crippen MR) is 55.7 cm³/mol. The van der Waals surface area contributed by atoms with Crippen molar-refractivity contribution in [3.63, 3.8) is 0 Å². The molecule has 14 heavy (non-hydrogen) atoms. The molecule has 0 spiro atoms. The number of carbonyl (C=O) groups is 1. The van der Waals surface area contributed by atoms with E-state index in [0.717, 1.165) is 24.5 Å². The Hall–Kier alpha value is -0.940. The summed E-state index contributed by atoms with van der Waals surface area (Å²) in [4.78, 5) is 16.7. The topological polar surface area (TPSA) is 53.4 Å². The summed E-state index contributed by atoms with van der Waals surface area (Å²) in [6, 6.07) is 0. The van der Waals surface area contributed by atoms with Gasteiger partial charge in [-0.25, -0.2) is 9.78 Å². The second kappa shape index (κ2) is 5.07. The Morgan fingerprint density at radius 2 is 2.43 bits per heavy atom. The zero-order chi connectivity index (χ0) is 10.6. The number of aromatic carboxylic acids is 1. The smallest absolute Gasteiger partial charge is 0.355 e. The lowest BCUT2D eigenvalue weighted by atomic mass is 10.4. The van der Waals surface area contributed by atoms with E-state index < -0.39 is 5.97 Å². The van der Waals surface area contributed by atoms with Gasteiger partial charge in [-0.15, -0.1) is 11.3 Å². The van der Waals surface area contributed by atoms with Crippen LogP contribution in [0.15, 0.2) is 5.38 Å². The normalized spacial score (nSPS) is 10.8. The number of carboxylic acids is 1. The monoisotopic (exact) mass is 214 g/mol. The minimum absolute atomic E-state index is 0.148. The van der Waals surface area contributed by atoms with E-state index in [-0.39, 0.29) is 5.69 Å². The first-order valence-corrected chi connectivity index (χ1v) is 5.37. The van der Waals surface area contributed by atoms with Crippen molar-refractivity contribution in [1.29, 1.82) is 0 Å². The molecule has 5 heteroatoms. The summed E-state index contributed by atoms with van der Waals surface area (Å²) in [5, 5.41) is 11.1. The third-order valence-corrected chi connectivity index (χ3v) is 2.61. The Kier molecular flexibility index (Phi) is 4.03. The maximum absolute atomic E-state index is 10.6. The lowest BCUT2D eigenvalue weighted by Crippen LogP contribution is -2.18. The summed E-state index contributed by atoms with van der Waals surface area (Å²) < 4.78 is 0. The zero-order valence-corrected chi connectivity index (χ0v) is 9.17. The summed E-state index contributed by atoms with van der Waals surface area (Å²) in [6.45, 7) is 3.84. The molecule has 1 N–H and O–H groups in total. The van der Waals surface area contributed by atoms with Crippen LogP contribution in [-0.4, -0.2) is 34.6 Å². The fourth-order valence-electron chi connectivity index (χ4n) is 1.17. The van der Waals surface area contributed by atoms with Gasteiger partial charge in [-0.05, 0) is 20.0 Å². The lowest BCUT2D eigenvalue weighted by molar-refractivity contribution is 0.0691. The number of hydrogen-bond donors (Lipinski definition) is 1. The number of thiazole rings is 1. The van der Waals surface area contributed by atoms with Crippen LogP contribution in [0, 0.1) is 0 Å². The first kappa shape index (κ1) is 11.1. The van der Waals surface area contributed by atoms with Gasteiger partial charge in [-0.1, -0.05) is 6.92 Å². The Bertz CT molecular complexity index is 312. The fraction of sp³-hybridized carbons (Fsp3) is 0.556. The summed E-state index contributed by atoms with van der Waals surface area (Å²) >= 11 is 1.40. The Morgan fingerprint density at radius 1 is 1.71 bits per heavy atom. The molecule has 0 bridgehead atoms. The second-order valence-corrected chi connectivity index (χ2v) is 4.11. The summed E-state index contributed by atoms with van der Waals surface area (Å²) in [5.74, 6) is -0.953. The maximum atomic E-state index is 10.6. The van der Waals surface area contributed by atoms with Gasteiger partial charge < -0.3 is 5.11 Å². The van der Waals surface area contributed by atoms with Crippen molar-refractivity contribution in [2.75, 3.05) is 13.6 Å². The van der Waals surface area contributed by atoms with Crippen LogP contribution in [0.1, 0.15) is 28.8 Å². The molecular weight excluding hydrogens is 200 g/mol. The molecule has 1 heterocycles. The molecule has 0 atom stereocenters. The van der Waals surface area contributed by atoms with Crippen LogP contribution in [0.25, 0.3) is 0 Å². The van der Waals surface area contributed by atoms with E-state index in [1.54, 1.807) is 5.38 Å². The van der Waals surface area contributed by atoms with Gasteiger partial charge in [-0.2, -0.15) is 0 Å². The van der Waals surface area contributed by atoms with Gasteiger partial charge in [0.05, 0.1) is 6.54 Å². The van der Waals surface area contributed by atoms with E-state index >= 15 is 0 Å². The first-order chi connectivity index (χ1) is 6.63. The van der Waals surface area contributed by atoms with E-state index in [4.69, 9.17) is 5.11 Å². The molecule has 0 aliphatic heterocycles. The van der Waals surface area contributed by atoms with Crippen molar-refractivity contribution in [2.24, 2.45) is 0 Å². The van der Waals surface area contributed by atoms with Crippen molar-refractivity contribution >= 4 is 17.3 Å². The maximum Gasteiger partial charge on any atom is 0.355 e. The standard InChI is InChI=1S/C9H14N2O2S/c1-3-4-11(2)5-8-10-7(6-14-8)9(12)13/h6H,3-5H2,1-2H3,(H,12,13). The minimum atomic E-state index is -0.953. The average Bonchev–Trinajstić information content (AvgIpc) is 2.53. The average molecular weight is 214 g/mol. The highest BCUT2D eigenvalue weighted by atomic mass is 32.1. The van der Waals surface area contributed by atoms with Crippen LogP contribution in [0.5, 0.6) is 0 Å². The van der Waals surface area contributed by atoms with E-state index in [9.17, 15) is 4.79 Å². The van der Waals surface area contributed by atoms with E-state index in [1.165, 1.54) is 11.3 Å². The molecule has 0 saturated heterocycles. The van der Waals surface area contributed by atoms with Crippen LogP contribution in [0.3, 0.4) is 0 Å². The largest absolute Gasteiger partial charge is 0.476 e. The number of hydrogen-bond acceptors (Lipinski definition) is 4. The van der Waals surface area contributed by atoms with Gasteiger partial charge in [0.2, 0.25) is 0 Å².